The van der Waals surface area contributed by atoms with Crippen molar-refractivity contribution < 1.29 is 0 Å². The molecule has 1 N–H and O–H groups in total. The lowest BCUT2D eigenvalue weighted by molar-refractivity contribution is 0.388. The zero-order valence-corrected chi connectivity index (χ0v) is 14.1. The van der Waals surface area contributed by atoms with Crippen LogP contribution in [0.25, 0.3) is 0 Å². The second kappa shape index (κ2) is 8.33. The van der Waals surface area contributed by atoms with Gasteiger partial charge >= 0.3 is 0 Å². The Kier molecular flexibility index (Phi) is 6.75. The van der Waals surface area contributed by atoms with E-state index in [0.29, 0.717) is 6.04 Å². The second-order valence-corrected chi connectivity index (χ2v) is 7.26. The minimum Gasteiger partial charge on any atom is -0.313 e. The van der Waals surface area contributed by atoms with Crippen LogP contribution >= 0.6 is 27.7 Å². The van der Waals surface area contributed by atoms with E-state index in [1.165, 1.54) is 47.2 Å². The minimum absolute atomic E-state index is 0.680. The van der Waals surface area contributed by atoms with Crippen LogP contribution in [0.5, 0.6) is 0 Å². The summed E-state index contributed by atoms with van der Waals surface area (Å²) in [5.41, 5.74) is 0. The summed E-state index contributed by atoms with van der Waals surface area (Å²) in [4.78, 5) is 1.36. The molecule has 2 rings (SSSR count). The minimum atomic E-state index is 0.680. The van der Waals surface area contributed by atoms with Gasteiger partial charge in [-0.15, -0.1) is 11.8 Å². The lowest BCUT2D eigenvalue weighted by atomic mass is 10.00. The molecule has 106 valence electrons. The van der Waals surface area contributed by atoms with Crippen LogP contribution in [-0.4, -0.2) is 18.3 Å². The summed E-state index contributed by atoms with van der Waals surface area (Å²) in [5.74, 6) is 2.08. The van der Waals surface area contributed by atoms with Crippen LogP contribution in [0.3, 0.4) is 0 Å². The quantitative estimate of drug-likeness (QED) is 0.692. The van der Waals surface area contributed by atoms with E-state index < -0.39 is 0 Å². The molecule has 0 amide bonds. The van der Waals surface area contributed by atoms with Crippen molar-refractivity contribution in [3.05, 3.63) is 28.7 Å². The van der Waals surface area contributed by atoms with E-state index in [4.69, 9.17) is 0 Å². The van der Waals surface area contributed by atoms with Gasteiger partial charge in [0, 0.05) is 21.2 Å². The SMILES string of the molecule is CCCNC(CSc1ccccc1Br)C1CCCC1. The molecular formula is C16H24BrNS. The summed E-state index contributed by atoms with van der Waals surface area (Å²) >= 11 is 5.62. The number of hydrogen-bond acceptors (Lipinski definition) is 2. The van der Waals surface area contributed by atoms with Crippen molar-refractivity contribution in [2.75, 3.05) is 12.3 Å². The normalized spacial score (nSPS) is 17.8. The third-order valence-corrected chi connectivity index (χ3v) is 6.03. The Bertz CT molecular complexity index is 377. The van der Waals surface area contributed by atoms with Gasteiger partial charge in [0.15, 0.2) is 0 Å². The smallest absolute Gasteiger partial charge is 0.0311 e. The molecule has 1 atom stereocenters. The standard InChI is InChI=1S/C16H24BrNS/c1-2-11-18-15(13-7-3-4-8-13)12-19-16-10-6-5-9-14(16)17/h5-6,9-10,13,15,18H,2-4,7-8,11-12H2,1H3. The summed E-state index contributed by atoms with van der Waals surface area (Å²) in [6, 6.07) is 9.22. The number of benzene rings is 1. The largest absolute Gasteiger partial charge is 0.313 e. The third-order valence-electron chi connectivity index (χ3n) is 3.88. The number of thioether (sulfide) groups is 1. The zero-order valence-electron chi connectivity index (χ0n) is 11.7. The first kappa shape index (κ1) is 15.4. The van der Waals surface area contributed by atoms with E-state index in [0.717, 1.165) is 12.5 Å². The van der Waals surface area contributed by atoms with Gasteiger partial charge in [0.2, 0.25) is 0 Å². The highest BCUT2D eigenvalue weighted by Gasteiger charge is 2.24. The maximum absolute atomic E-state index is 3.76. The predicted octanol–water partition coefficient (Wildman–Crippen LogP) is 5.10. The molecule has 1 nitrogen and oxygen atoms in total. The van der Waals surface area contributed by atoms with E-state index in [9.17, 15) is 0 Å². The molecule has 0 heterocycles. The Hall–Kier alpha value is 0.01000. The van der Waals surface area contributed by atoms with Crippen LogP contribution in [0.15, 0.2) is 33.6 Å². The topological polar surface area (TPSA) is 12.0 Å². The Morgan fingerprint density at radius 1 is 1.32 bits per heavy atom. The molecule has 0 aromatic heterocycles. The van der Waals surface area contributed by atoms with Crippen molar-refractivity contribution in [3.8, 4) is 0 Å². The van der Waals surface area contributed by atoms with Gasteiger partial charge in [-0.05, 0) is 59.8 Å². The molecule has 1 fully saturated rings. The molecule has 0 bridgehead atoms. The molecule has 1 aromatic rings. The molecular weight excluding hydrogens is 318 g/mol. The predicted molar refractivity (Wildman–Crippen MR) is 88.9 cm³/mol. The highest BCUT2D eigenvalue weighted by Crippen LogP contribution is 2.33. The van der Waals surface area contributed by atoms with Gasteiger partial charge in [0.05, 0.1) is 0 Å². The molecule has 0 radical (unpaired) electrons. The van der Waals surface area contributed by atoms with Gasteiger partial charge in [-0.1, -0.05) is 31.9 Å². The van der Waals surface area contributed by atoms with Crippen LogP contribution in [0.1, 0.15) is 39.0 Å². The zero-order chi connectivity index (χ0) is 13.5. The second-order valence-electron chi connectivity index (χ2n) is 5.35. The number of rotatable bonds is 7. The summed E-state index contributed by atoms with van der Waals surface area (Å²) in [5, 5.41) is 3.76. The highest BCUT2D eigenvalue weighted by molar-refractivity contribution is 9.10. The fourth-order valence-corrected chi connectivity index (χ4v) is 4.55. The summed E-state index contributed by atoms with van der Waals surface area (Å²) in [7, 11) is 0. The summed E-state index contributed by atoms with van der Waals surface area (Å²) in [6.07, 6.45) is 6.90. The van der Waals surface area contributed by atoms with Gasteiger partial charge in [0.25, 0.3) is 0 Å². The van der Waals surface area contributed by atoms with Gasteiger partial charge < -0.3 is 5.32 Å². The maximum atomic E-state index is 3.76. The Morgan fingerprint density at radius 2 is 2.05 bits per heavy atom. The van der Waals surface area contributed by atoms with Crippen molar-refractivity contribution >= 4 is 27.7 Å². The number of halogens is 1. The fourth-order valence-electron chi connectivity index (χ4n) is 2.79. The highest BCUT2D eigenvalue weighted by atomic mass is 79.9. The van der Waals surface area contributed by atoms with E-state index in [1.54, 1.807) is 0 Å². The maximum Gasteiger partial charge on any atom is 0.0311 e. The Labute approximate surface area is 130 Å². The van der Waals surface area contributed by atoms with E-state index in [2.05, 4.69) is 52.4 Å². The van der Waals surface area contributed by atoms with Crippen LogP contribution in [-0.2, 0) is 0 Å². The van der Waals surface area contributed by atoms with E-state index in [-0.39, 0.29) is 0 Å². The molecule has 19 heavy (non-hydrogen) atoms. The van der Waals surface area contributed by atoms with Crippen molar-refractivity contribution in [1.29, 1.82) is 0 Å². The van der Waals surface area contributed by atoms with Crippen molar-refractivity contribution in [1.82, 2.24) is 5.32 Å². The van der Waals surface area contributed by atoms with Crippen molar-refractivity contribution in [2.24, 2.45) is 5.92 Å². The summed E-state index contributed by atoms with van der Waals surface area (Å²) < 4.78 is 1.22. The van der Waals surface area contributed by atoms with Crippen LogP contribution < -0.4 is 5.32 Å². The molecule has 0 aliphatic heterocycles. The van der Waals surface area contributed by atoms with Gasteiger partial charge in [-0.3, -0.25) is 0 Å². The lowest BCUT2D eigenvalue weighted by Gasteiger charge is -2.24. The first-order chi connectivity index (χ1) is 9.31. The molecule has 1 saturated carbocycles. The first-order valence-electron chi connectivity index (χ1n) is 7.42. The molecule has 3 heteroatoms. The Morgan fingerprint density at radius 3 is 2.74 bits per heavy atom. The van der Waals surface area contributed by atoms with Gasteiger partial charge in [-0.25, -0.2) is 0 Å². The van der Waals surface area contributed by atoms with Crippen molar-refractivity contribution in [2.45, 2.75) is 50.0 Å². The van der Waals surface area contributed by atoms with Crippen LogP contribution in [0.2, 0.25) is 0 Å². The third kappa shape index (κ3) is 4.80. The molecule has 1 aliphatic rings. The average molecular weight is 342 g/mol. The van der Waals surface area contributed by atoms with E-state index >= 15 is 0 Å². The molecule has 0 saturated heterocycles. The number of nitrogens with one attached hydrogen (secondary N) is 1. The fraction of sp³-hybridized carbons (Fsp3) is 0.625. The number of hydrogen-bond donors (Lipinski definition) is 1. The van der Waals surface area contributed by atoms with E-state index in [1.807, 2.05) is 11.8 Å². The Balaban J connectivity index is 1.90. The van der Waals surface area contributed by atoms with Crippen LogP contribution in [0.4, 0.5) is 0 Å². The monoisotopic (exact) mass is 341 g/mol. The first-order valence-corrected chi connectivity index (χ1v) is 9.20. The van der Waals surface area contributed by atoms with Gasteiger partial charge in [0.1, 0.15) is 0 Å². The molecule has 0 spiro atoms. The van der Waals surface area contributed by atoms with Crippen molar-refractivity contribution in [3.63, 3.8) is 0 Å². The molecule has 1 aromatic carbocycles. The average Bonchev–Trinajstić information content (AvgIpc) is 2.94. The summed E-state index contributed by atoms with van der Waals surface area (Å²) in [6.45, 7) is 3.40. The lowest BCUT2D eigenvalue weighted by Crippen LogP contribution is -2.37. The molecule has 1 aliphatic carbocycles. The van der Waals surface area contributed by atoms with Crippen LogP contribution in [0, 0.1) is 5.92 Å². The van der Waals surface area contributed by atoms with Gasteiger partial charge in [-0.2, -0.15) is 0 Å². The molecule has 1 unspecified atom stereocenters.